The third-order valence-corrected chi connectivity index (χ3v) is 3.31. The summed E-state index contributed by atoms with van der Waals surface area (Å²) in [6, 6.07) is -1.96. The zero-order valence-corrected chi connectivity index (χ0v) is 10.2. The van der Waals surface area contributed by atoms with Gasteiger partial charge in [0.1, 0.15) is 6.04 Å². The zero-order valence-electron chi connectivity index (χ0n) is 10.2. The maximum absolute atomic E-state index is 11.9. The number of amides is 2. The molecule has 2 fully saturated rings. The van der Waals surface area contributed by atoms with Gasteiger partial charge in [-0.05, 0) is 12.8 Å². The molecule has 0 radical (unpaired) electrons. The topological polar surface area (TPSA) is 116 Å². The molecule has 2 bridgehead atoms. The van der Waals surface area contributed by atoms with Crippen molar-refractivity contribution in [3.63, 3.8) is 0 Å². The van der Waals surface area contributed by atoms with E-state index in [-0.39, 0.29) is 12.2 Å². The average molecular weight is 272 g/mol. The van der Waals surface area contributed by atoms with Crippen molar-refractivity contribution in [2.45, 2.75) is 37.5 Å². The van der Waals surface area contributed by atoms with Crippen molar-refractivity contribution in [1.82, 2.24) is 10.2 Å². The molecule has 0 saturated carbocycles. The van der Waals surface area contributed by atoms with E-state index >= 15 is 0 Å². The Bertz CT molecular complexity index is 387. The minimum atomic E-state index is -1.41. The highest BCUT2D eigenvalue weighted by atomic mass is 16.5. The van der Waals surface area contributed by atoms with Gasteiger partial charge in [-0.1, -0.05) is 0 Å². The normalized spacial score (nSPS) is 26.8. The molecule has 0 aromatic rings. The smallest absolute Gasteiger partial charge is 0.326 e. The highest BCUT2D eigenvalue weighted by Crippen LogP contribution is 2.26. The van der Waals surface area contributed by atoms with Gasteiger partial charge in [-0.15, -0.1) is 0 Å². The van der Waals surface area contributed by atoms with E-state index in [0.29, 0.717) is 13.1 Å². The van der Waals surface area contributed by atoms with Crippen LogP contribution in [-0.2, 0) is 14.3 Å². The van der Waals surface area contributed by atoms with Crippen LogP contribution < -0.4 is 5.32 Å². The summed E-state index contributed by atoms with van der Waals surface area (Å²) in [5.41, 5.74) is 0. The van der Waals surface area contributed by atoms with Gasteiger partial charge in [-0.3, -0.25) is 4.79 Å². The number of likely N-dealkylation sites (tertiary alicyclic amines) is 1. The number of carboxylic acids is 2. The summed E-state index contributed by atoms with van der Waals surface area (Å²) in [5, 5.41) is 19.7. The molecule has 8 heteroatoms. The zero-order chi connectivity index (χ0) is 14.0. The van der Waals surface area contributed by atoms with Crippen molar-refractivity contribution in [1.29, 1.82) is 0 Å². The van der Waals surface area contributed by atoms with Crippen LogP contribution in [0, 0.1) is 0 Å². The number of hydrogen-bond acceptors (Lipinski definition) is 4. The number of carbonyl (C=O) groups is 3. The Morgan fingerprint density at radius 1 is 1.21 bits per heavy atom. The largest absolute Gasteiger partial charge is 0.481 e. The molecule has 2 aliphatic heterocycles. The van der Waals surface area contributed by atoms with Crippen LogP contribution in [0.3, 0.4) is 0 Å². The summed E-state index contributed by atoms with van der Waals surface area (Å²) in [6.45, 7) is 0.837. The number of urea groups is 1. The van der Waals surface area contributed by atoms with Gasteiger partial charge < -0.3 is 25.2 Å². The van der Waals surface area contributed by atoms with E-state index in [2.05, 4.69) is 5.32 Å². The van der Waals surface area contributed by atoms with Crippen LogP contribution in [0.5, 0.6) is 0 Å². The van der Waals surface area contributed by atoms with Gasteiger partial charge in [0, 0.05) is 13.1 Å². The Morgan fingerprint density at radius 3 is 2.26 bits per heavy atom. The van der Waals surface area contributed by atoms with E-state index in [0.717, 1.165) is 12.8 Å². The predicted molar refractivity (Wildman–Crippen MR) is 61.7 cm³/mol. The van der Waals surface area contributed by atoms with E-state index in [1.165, 1.54) is 4.90 Å². The van der Waals surface area contributed by atoms with Gasteiger partial charge in [0.2, 0.25) is 0 Å². The number of rotatable bonds is 4. The second-order valence-electron chi connectivity index (χ2n) is 4.80. The summed E-state index contributed by atoms with van der Waals surface area (Å²) >= 11 is 0. The molecule has 8 nitrogen and oxygen atoms in total. The van der Waals surface area contributed by atoms with E-state index < -0.39 is 30.4 Å². The summed E-state index contributed by atoms with van der Waals surface area (Å²) in [5.74, 6) is -2.62. The minimum absolute atomic E-state index is 0.00671. The Kier molecular flexibility index (Phi) is 3.89. The van der Waals surface area contributed by atoms with Crippen molar-refractivity contribution in [2.75, 3.05) is 13.1 Å². The molecule has 0 aromatic carbocycles. The molecule has 0 aliphatic carbocycles. The maximum Gasteiger partial charge on any atom is 0.326 e. The monoisotopic (exact) mass is 272 g/mol. The van der Waals surface area contributed by atoms with Crippen molar-refractivity contribution in [3.8, 4) is 0 Å². The third-order valence-electron chi connectivity index (χ3n) is 3.31. The molecular weight excluding hydrogens is 256 g/mol. The van der Waals surface area contributed by atoms with Crippen molar-refractivity contribution < 1.29 is 29.3 Å². The fourth-order valence-corrected chi connectivity index (χ4v) is 2.40. The number of aliphatic carboxylic acids is 2. The molecule has 0 aromatic heterocycles. The number of fused-ring (bicyclic) bond motifs is 2. The molecule has 3 N–H and O–H groups in total. The Balaban J connectivity index is 1.91. The number of hydrogen-bond donors (Lipinski definition) is 3. The maximum atomic E-state index is 11.9. The molecule has 2 rings (SSSR count). The first-order valence-corrected chi connectivity index (χ1v) is 6.11. The molecule has 2 saturated heterocycles. The number of nitrogens with one attached hydrogen (secondary N) is 1. The SMILES string of the molecule is O=C(O)C[C@@H](NC(=O)N1CC2CCC(C1)O2)C(=O)O. The Morgan fingerprint density at radius 2 is 1.79 bits per heavy atom. The van der Waals surface area contributed by atoms with Crippen LogP contribution in [0.2, 0.25) is 0 Å². The third kappa shape index (κ3) is 3.34. The molecule has 2 heterocycles. The molecule has 0 spiro atoms. The first kappa shape index (κ1) is 13.6. The second-order valence-corrected chi connectivity index (χ2v) is 4.80. The standard InChI is InChI=1S/C11H16N2O6/c14-9(15)3-8(10(16)17)12-11(18)13-4-6-1-2-7(5-13)19-6/h6-8H,1-5H2,(H,12,18)(H,14,15)(H,16,17)/t6?,7?,8-/m1/s1. The summed E-state index contributed by atoms with van der Waals surface area (Å²) in [7, 11) is 0. The first-order chi connectivity index (χ1) is 8.95. The Hall–Kier alpha value is -1.83. The summed E-state index contributed by atoms with van der Waals surface area (Å²) in [4.78, 5) is 34.8. The Labute approximate surface area is 109 Å². The lowest BCUT2D eigenvalue weighted by atomic mass is 10.2. The molecule has 19 heavy (non-hydrogen) atoms. The molecular formula is C11H16N2O6. The lowest BCUT2D eigenvalue weighted by molar-refractivity contribution is -0.145. The second kappa shape index (κ2) is 5.43. The number of nitrogens with zero attached hydrogens (tertiary/aromatic N) is 1. The van der Waals surface area contributed by atoms with Crippen molar-refractivity contribution in [3.05, 3.63) is 0 Å². The lowest BCUT2D eigenvalue weighted by Gasteiger charge is -2.32. The van der Waals surface area contributed by atoms with Crippen LogP contribution in [0.4, 0.5) is 4.79 Å². The van der Waals surface area contributed by atoms with Crippen LogP contribution in [0.25, 0.3) is 0 Å². The van der Waals surface area contributed by atoms with Gasteiger partial charge in [0.05, 0.1) is 18.6 Å². The fraction of sp³-hybridized carbons (Fsp3) is 0.727. The van der Waals surface area contributed by atoms with Gasteiger partial charge in [-0.2, -0.15) is 0 Å². The molecule has 2 amide bonds. The molecule has 2 aliphatic rings. The van der Waals surface area contributed by atoms with E-state index in [4.69, 9.17) is 14.9 Å². The van der Waals surface area contributed by atoms with Gasteiger partial charge in [0.25, 0.3) is 0 Å². The highest BCUT2D eigenvalue weighted by Gasteiger charge is 2.36. The number of carboxylic acid groups (broad SMARTS) is 2. The number of ether oxygens (including phenoxy) is 1. The quantitative estimate of drug-likeness (QED) is 0.634. The van der Waals surface area contributed by atoms with Gasteiger partial charge in [-0.25, -0.2) is 9.59 Å². The van der Waals surface area contributed by atoms with Crippen LogP contribution in [-0.4, -0.2) is 64.4 Å². The van der Waals surface area contributed by atoms with Crippen LogP contribution in [0.1, 0.15) is 19.3 Å². The molecule has 3 atom stereocenters. The number of morpholine rings is 1. The number of carbonyl (C=O) groups excluding carboxylic acids is 1. The van der Waals surface area contributed by atoms with Gasteiger partial charge in [0.15, 0.2) is 0 Å². The molecule has 106 valence electrons. The van der Waals surface area contributed by atoms with Gasteiger partial charge >= 0.3 is 18.0 Å². The lowest BCUT2D eigenvalue weighted by Crippen LogP contribution is -2.53. The van der Waals surface area contributed by atoms with E-state index in [9.17, 15) is 14.4 Å². The van der Waals surface area contributed by atoms with Crippen LogP contribution in [0.15, 0.2) is 0 Å². The van der Waals surface area contributed by atoms with E-state index in [1.807, 2.05) is 0 Å². The summed E-state index contributed by atoms with van der Waals surface area (Å²) in [6.07, 6.45) is 1.16. The minimum Gasteiger partial charge on any atom is -0.481 e. The molecule has 2 unspecified atom stereocenters. The van der Waals surface area contributed by atoms with Crippen molar-refractivity contribution >= 4 is 18.0 Å². The predicted octanol–water partition coefficient (Wildman–Crippen LogP) is -0.513. The highest BCUT2D eigenvalue weighted by molar-refractivity contribution is 5.86. The van der Waals surface area contributed by atoms with Crippen molar-refractivity contribution in [2.24, 2.45) is 0 Å². The first-order valence-electron chi connectivity index (χ1n) is 6.11. The van der Waals surface area contributed by atoms with E-state index in [1.54, 1.807) is 0 Å². The van der Waals surface area contributed by atoms with Crippen LogP contribution >= 0.6 is 0 Å². The summed E-state index contributed by atoms with van der Waals surface area (Å²) < 4.78 is 5.56. The average Bonchev–Trinajstić information content (AvgIpc) is 2.66. The fourth-order valence-electron chi connectivity index (χ4n) is 2.40.